The standard InChI is InChI=1S/C20H20N2O3S/c23-26(24,25)19-13-7-12-18(21-14-16-8-3-1-4-9-16)20(19)22-15-17-10-5-2-6-11-17/h1-13,21-22H,14-15H2,(H,23,24,25). The Labute approximate surface area is 153 Å². The van der Waals surface area contributed by atoms with E-state index in [4.69, 9.17) is 0 Å². The molecule has 3 aromatic carbocycles. The van der Waals surface area contributed by atoms with E-state index in [1.165, 1.54) is 6.07 Å². The lowest BCUT2D eigenvalue weighted by atomic mass is 10.2. The van der Waals surface area contributed by atoms with Crippen LogP contribution in [0.2, 0.25) is 0 Å². The first-order chi connectivity index (χ1) is 12.5. The maximum atomic E-state index is 11.8. The van der Waals surface area contributed by atoms with Crippen LogP contribution in [-0.4, -0.2) is 13.0 Å². The first-order valence-corrected chi connectivity index (χ1v) is 9.64. The molecule has 0 amide bonds. The van der Waals surface area contributed by atoms with E-state index in [1.54, 1.807) is 12.1 Å². The normalized spacial score (nSPS) is 11.1. The van der Waals surface area contributed by atoms with Crippen molar-refractivity contribution in [2.45, 2.75) is 18.0 Å². The van der Waals surface area contributed by atoms with Crippen LogP contribution in [-0.2, 0) is 23.2 Å². The Balaban J connectivity index is 1.87. The van der Waals surface area contributed by atoms with Crippen molar-refractivity contribution in [1.29, 1.82) is 0 Å². The molecule has 0 fully saturated rings. The van der Waals surface area contributed by atoms with Crippen molar-refractivity contribution in [1.82, 2.24) is 0 Å². The fourth-order valence-electron chi connectivity index (χ4n) is 2.66. The van der Waals surface area contributed by atoms with Gasteiger partial charge in [0.2, 0.25) is 0 Å². The predicted molar refractivity (Wildman–Crippen MR) is 104 cm³/mol. The summed E-state index contributed by atoms with van der Waals surface area (Å²) in [5.74, 6) is 0. The molecule has 3 rings (SSSR count). The van der Waals surface area contributed by atoms with Gasteiger partial charge >= 0.3 is 0 Å². The second kappa shape index (κ2) is 8.03. The SMILES string of the molecule is O=S(=O)(O)c1cccc(NCc2ccccc2)c1NCc1ccccc1. The number of rotatable bonds is 7. The largest absolute Gasteiger partial charge is 0.379 e. The third-order valence-electron chi connectivity index (χ3n) is 3.94. The molecule has 5 nitrogen and oxygen atoms in total. The van der Waals surface area contributed by atoms with Crippen molar-refractivity contribution in [2.24, 2.45) is 0 Å². The molecule has 26 heavy (non-hydrogen) atoms. The fourth-order valence-corrected chi connectivity index (χ4v) is 3.35. The van der Waals surface area contributed by atoms with Crippen LogP contribution in [0.3, 0.4) is 0 Å². The summed E-state index contributed by atoms with van der Waals surface area (Å²) in [5, 5.41) is 6.38. The molecule has 0 saturated heterocycles. The number of benzene rings is 3. The number of anilines is 2. The molecule has 134 valence electrons. The summed E-state index contributed by atoms with van der Waals surface area (Å²) >= 11 is 0. The van der Waals surface area contributed by atoms with Gasteiger partial charge in [0.1, 0.15) is 4.90 Å². The molecule has 0 aromatic heterocycles. The molecule has 0 atom stereocenters. The van der Waals surface area contributed by atoms with Gasteiger partial charge in [0.05, 0.1) is 11.4 Å². The lowest BCUT2D eigenvalue weighted by Crippen LogP contribution is -2.10. The van der Waals surface area contributed by atoms with Crippen LogP contribution in [0.1, 0.15) is 11.1 Å². The molecular weight excluding hydrogens is 348 g/mol. The van der Waals surface area contributed by atoms with E-state index in [0.29, 0.717) is 24.5 Å². The third-order valence-corrected chi connectivity index (χ3v) is 4.84. The summed E-state index contributed by atoms with van der Waals surface area (Å²) in [5.41, 5.74) is 3.04. The van der Waals surface area contributed by atoms with Crippen molar-refractivity contribution in [3.05, 3.63) is 90.0 Å². The van der Waals surface area contributed by atoms with Crippen LogP contribution in [0.15, 0.2) is 83.8 Å². The van der Waals surface area contributed by atoms with Crippen molar-refractivity contribution < 1.29 is 13.0 Å². The maximum absolute atomic E-state index is 11.8. The number of nitrogens with one attached hydrogen (secondary N) is 2. The van der Waals surface area contributed by atoms with E-state index >= 15 is 0 Å². The Hall–Kier alpha value is -2.83. The first kappa shape index (κ1) is 18.0. The summed E-state index contributed by atoms with van der Waals surface area (Å²) in [6.07, 6.45) is 0. The average molecular weight is 368 g/mol. The van der Waals surface area contributed by atoms with Gasteiger partial charge in [0.15, 0.2) is 0 Å². The van der Waals surface area contributed by atoms with Gasteiger partial charge in [-0.15, -0.1) is 0 Å². The molecule has 3 aromatic rings. The van der Waals surface area contributed by atoms with Gasteiger partial charge in [-0.3, -0.25) is 4.55 Å². The molecular formula is C20H20N2O3S. The summed E-state index contributed by atoms with van der Waals surface area (Å²) in [6.45, 7) is 0.975. The number of para-hydroxylation sites is 1. The van der Waals surface area contributed by atoms with Gasteiger partial charge in [0, 0.05) is 13.1 Å². The third kappa shape index (κ3) is 4.62. The number of hydrogen-bond donors (Lipinski definition) is 3. The predicted octanol–water partition coefficient (Wildman–Crippen LogP) is 4.16. The van der Waals surface area contributed by atoms with Gasteiger partial charge < -0.3 is 10.6 Å². The number of hydrogen-bond acceptors (Lipinski definition) is 4. The molecule has 0 heterocycles. The first-order valence-electron chi connectivity index (χ1n) is 8.20. The Morgan fingerprint density at radius 2 is 1.23 bits per heavy atom. The van der Waals surface area contributed by atoms with E-state index in [1.807, 2.05) is 60.7 Å². The van der Waals surface area contributed by atoms with Crippen LogP contribution < -0.4 is 10.6 Å². The summed E-state index contributed by atoms with van der Waals surface area (Å²) in [4.78, 5) is -0.147. The van der Waals surface area contributed by atoms with E-state index in [2.05, 4.69) is 10.6 Å². The van der Waals surface area contributed by atoms with Crippen molar-refractivity contribution in [3.63, 3.8) is 0 Å². The zero-order chi connectivity index (χ0) is 18.4. The molecule has 0 bridgehead atoms. The minimum absolute atomic E-state index is 0.147. The molecule has 0 saturated carbocycles. The van der Waals surface area contributed by atoms with E-state index in [9.17, 15) is 13.0 Å². The Morgan fingerprint density at radius 3 is 1.77 bits per heavy atom. The van der Waals surface area contributed by atoms with Gasteiger partial charge in [-0.1, -0.05) is 66.7 Å². The zero-order valence-electron chi connectivity index (χ0n) is 14.1. The van der Waals surface area contributed by atoms with Crippen molar-refractivity contribution in [2.75, 3.05) is 10.6 Å². The van der Waals surface area contributed by atoms with Gasteiger partial charge in [-0.25, -0.2) is 0 Å². The molecule has 3 N–H and O–H groups in total. The van der Waals surface area contributed by atoms with E-state index < -0.39 is 10.1 Å². The highest BCUT2D eigenvalue weighted by molar-refractivity contribution is 7.86. The van der Waals surface area contributed by atoms with E-state index in [0.717, 1.165) is 11.1 Å². The topological polar surface area (TPSA) is 78.4 Å². The molecule has 6 heteroatoms. The minimum Gasteiger partial charge on any atom is -0.379 e. The monoisotopic (exact) mass is 368 g/mol. The van der Waals surface area contributed by atoms with Crippen molar-refractivity contribution in [3.8, 4) is 0 Å². The second-order valence-corrected chi connectivity index (χ2v) is 7.22. The molecule has 0 aliphatic carbocycles. The molecule has 0 unspecified atom stereocenters. The molecule has 0 spiro atoms. The van der Waals surface area contributed by atoms with Crippen molar-refractivity contribution >= 4 is 21.5 Å². The highest BCUT2D eigenvalue weighted by Crippen LogP contribution is 2.30. The van der Waals surface area contributed by atoms with Crippen LogP contribution in [0.4, 0.5) is 11.4 Å². The van der Waals surface area contributed by atoms with Crippen LogP contribution in [0, 0.1) is 0 Å². The van der Waals surface area contributed by atoms with Gasteiger partial charge in [-0.05, 0) is 23.3 Å². The van der Waals surface area contributed by atoms with Crippen LogP contribution in [0.5, 0.6) is 0 Å². The quantitative estimate of drug-likeness (QED) is 0.546. The van der Waals surface area contributed by atoms with Gasteiger partial charge in [-0.2, -0.15) is 8.42 Å². The van der Waals surface area contributed by atoms with Crippen LogP contribution >= 0.6 is 0 Å². The zero-order valence-corrected chi connectivity index (χ0v) is 14.9. The summed E-state index contributed by atoms with van der Waals surface area (Å²) < 4.78 is 33.1. The fraction of sp³-hybridized carbons (Fsp3) is 0.100. The highest BCUT2D eigenvalue weighted by Gasteiger charge is 2.18. The Kier molecular flexibility index (Phi) is 5.55. The molecule has 0 radical (unpaired) electrons. The molecule has 0 aliphatic rings. The van der Waals surface area contributed by atoms with Gasteiger partial charge in [0.25, 0.3) is 10.1 Å². The van der Waals surface area contributed by atoms with Crippen LogP contribution in [0.25, 0.3) is 0 Å². The maximum Gasteiger partial charge on any atom is 0.296 e. The Bertz CT molecular complexity index is 959. The summed E-state index contributed by atoms with van der Waals surface area (Å²) in [7, 11) is -4.35. The molecule has 0 aliphatic heterocycles. The van der Waals surface area contributed by atoms with E-state index in [-0.39, 0.29) is 4.90 Å². The summed E-state index contributed by atoms with van der Waals surface area (Å²) in [6, 6.07) is 24.2. The highest BCUT2D eigenvalue weighted by atomic mass is 32.2. The second-order valence-electron chi connectivity index (χ2n) is 5.83. The lowest BCUT2D eigenvalue weighted by molar-refractivity contribution is 0.483. The minimum atomic E-state index is -4.35. The Morgan fingerprint density at radius 1 is 0.692 bits per heavy atom. The lowest BCUT2D eigenvalue weighted by Gasteiger charge is -2.17. The smallest absolute Gasteiger partial charge is 0.296 e. The average Bonchev–Trinajstić information content (AvgIpc) is 2.66.